The second kappa shape index (κ2) is 9.20. The van der Waals surface area contributed by atoms with E-state index in [1.54, 1.807) is 7.11 Å². The third-order valence-corrected chi connectivity index (χ3v) is 5.68. The molecule has 0 spiro atoms. The van der Waals surface area contributed by atoms with Crippen LogP contribution in [0.2, 0.25) is 0 Å². The van der Waals surface area contributed by atoms with Gasteiger partial charge in [0.25, 0.3) is 0 Å². The molecular formula is C24H28N4O3. The number of carbonyl (C=O) groups is 1. The lowest BCUT2D eigenvalue weighted by atomic mass is 10.1. The van der Waals surface area contributed by atoms with E-state index in [0.29, 0.717) is 31.1 Å². The molecule has 3 aromatic rings. The summed E-state index contributed by atoms with van der Waals surface area (Å²) >= 11 is 0. The molecule has 1 saturated heterocycles. The van der Waals surface area contributed by atoms with Crippen molar-refractivity contribution in [2.24, 2.45) is 0 Å². The van der Waals surface area contributed by atoms with Crippen molar-refractivity contribution in [2.75, 3.05) is 31.6 Å². The first kappa shape index (κ1) is 20.9. The number of anilines is 1. The van der Waals surface area contributed by atoms with Crippen LogP contribution >= 0.6 is 0 Å². The second-order valence-electron chi connectivity index (χ2n) is 7.96. The molecule has 162 valence electrons. The predicted molar refractivity (Wildman–Crippen MR) is 119 cm³/mol. The standard InChI is InChI=1S/C24H28N4O3/c1-17-5-4-6-20(15-17)28-14-13-27(16-18(28)2)23(29)12-11-22-25-24(26-31-22)19-7-9-21(30-3)10-8-19/h4-10,15,18H,11-14,16H2,1-3H3/t18-/m0/s1. The molecule has 1 aromatic heterocycles. The quantitative estimate of drug-likeness (QED) is 0.605. The van der Waals surface area contributed by atoms with Gasteiger partial charge in [0.05, 0.1) is 7.11 Å². The molecule has 2 aromatic carbocycles. The lowest BCUT2D eigenvalue weighted by Gasteiger charge is -2.41. The monoisotopic (exact) mass is 420 g/mol. The Morgan fingerprint density at radius 1 is 1.19 bits per heavy atom. The average Bonchev–Trinajstić information content (AvgIpc) is 3.26. The van der Waals surface area contributed by atoms with Crippen molar-refractivity contribution in [3.8, 4) is 17.1 Å². The fourth-order valence-corrected chi connectivity index (χ4v) is 3.96. The zero-order valence-corrected chi connectivity index (χ0v) is 18.2. The highest BCUT2D eigenvalue weighted by Crippen LogP contribution is 2.23. The molecule has 2 heterocycles. The molecule has 0 aliphatic carbocycles. The number of methoxy groups -OCH3 is 1. The van der Waals surface area contributed by atoms with Crippen LogP contribution in [-0.2, 0) is 11.2 Å². The first-order valence-electron chi connectivity index (χ1n) is 10.6. The summed E-state index contributed by atoms with van der Waals surface area (Å²) in [5, 5.41) is 4.04. The topological polar surface area (TPSA) is 71.7 Å². The summed E-state index contributed by atoms with van der Waals surface area (Å²) < 4.78 is 10.5. The molecule has 7 heteroatoms. The summed E-state index contributed by atoms with van der Waals surface area (Å²) in [6.45, 7) is 6.54. The Labute approximate surface area is 182 Å². The number of piperazine rings is 1. The highest BCUT2D eigenvalue weighted by molar-refractivity contribution is 5.76. The van der Waals surface area contributed by atoms with Crippen LogP contribution in [0.4, 0.5) is 5.69 Å². The first-order valence-corrected chi connectivity index (χ1v) is 10.6. The molecule has 1 fully saturated rings. The number of amides is 1. The van der Waals surface area contributed by atoms with E-state index in [2.05, 4.69) is 53.2 Å². The van der Waals surface area contributed by atoms with Gasteiger partial charge in [-0.15, -0.1) is 0 Å². The van der Waals surface area contributed by atoms with E-state index < -0.39 is 0 Å². The molecule has 4 rings (SSSR count). The Morgan fingerprint density at radius 3 is 2.71 bits per heavy atom. The van der Waals surface area contributed by atoms with Gasteiger partial charge in [0.15, 0.2) is 0 Å². The van der Waals surface area contributed by atoms with Gasteiger partial charge in [0, 0.05) is 49.8 Å². The normalized spacial score (nSPS) is 16.4. The van der Waals surface area contributed by atoms with Gasteiger partial charge in [-0.2, -0.15) is 4.98 Å². The molecule has 1 aliphatic heterocycles. The molecule has 0 N–H and O–H groups in total. The number of rotatable bonds is 6. The largest absolute Gasteiger partial charge is 0.497 e. The van der Waals surface area contributed by atoms with Crippen molar-refractivity contribution in [1.82, 2.24) is 15.0 Å². The van der Waals surface area contributed by atoms with Crippen molar-refractivity contribution in [3.63, 3.8) is 0 Å². The van der Waals surface area contributed by atoms with Crippen LogP contribution in [0, 0.1) is 6.92 Å². The fourth-order valence-electron chi connectivity index (χ4n) is 3.96. The third-order valence-electron chi connectivity index (χ3n) is 5.68. The van der Waals surface area contributed by atoms with E-state index in [1.165, 1.54) is 11.3 Å². The van der Waals surface area contributed by atoms with Gasteiger partial charge in [-0.05, 0) is 55.8 Å². The Bertz CT molecular complexity index is 1030. The number of ether oxygens (including phenoxy) is 1. The molecule has 0 bridgehead atoms. The maximum atomic E-state index is 12.8. The summed E-state index contributed by atoms with van der Waals surface area (Å²) in [4.78, 5) is 21.5. The van der Waals surface area contributed by atoms with Gasteiger partial charge in [-0.1, -0.05) is 17.3 Å². The van der Waals surface area contributed by atoms with Crippen molar-refractivity contribution in [2.45, 2.75) is 32.7 Å². The maximum absolute atomic E-state index is 12.8. The smallest absolute Gasteiger partial charge is 0.227 e. The van der Waals surface area contributed by atoms with Gasteiger partial charge in [-0.25, -0.2) is 0 Å². The van der Waals surface area contributed by atoms with Crippen molar-refractivity contribution >= 4 is 11.6 Å². The molecule has 1 amide bonds. The number of nitrogens with zero attached hydrogens (tertiary/aromatic N) is 4. The Balaban J connectivity index is 1.31. The van der Waals surface area contributed by atoms with Gasteiger partial charge in [0.2, 0.25) is 17.6 Å². The lowest BCUT2D eigenvalue weighted by molar-refractivity contribution is -0.132. The highest BCUT2D eigenvalue weighted by atomic mass is 16.5. The summed E-state index contributed by atoms with van der Waals surface area (Å²) in [6, 6.07) is 16.3. The average molecular weight is 421 g/mol. The second-order valence-corrected chi connectivity index (χ2v) is 7.96. The van der Waals surface area contributed by atoms with Gasteiger partial charge >= 0.3 is 0 Å². The third kappa shape index (κ3) is 4.87. The van der Waals surface area contributed by atoms with Crippen LogP contribution in [0.1, 0.15) is 24.8 Å². The summed E-state index contributed by atoms with van der Waals surface area (Å²) in [6.07, 6.45) is 0.801. The Hall–Kier alpha value is -3.35. The van der Waals surface area contributed by atoms with Crippen molar-refractivity contribution in [3.05, 3.63) is 60.0 Å². The lowest BCUT2D eigenvalue weighted by Crippen LogP contribution is -2.53. The Morgan fingerprint density at radius 2 is 2.00 bits per heavy atom. The molecule has 0 radical (unpaired) electrons. The maximum Gasteiger partial charge on any atom is 0.227 e. The molecule has 0 unspecified atom stereocenters. The summed E-state index contributed by atoms with van der Waals surface area (Å²) in [5.41, 5.74) is 3.32. The zero-order chi connectivity index (χ0) is 21.8. The van der Waals surface area contributed by atoms with Crippen molar-refractivity contribution in [1.29, 1.82) is 0 Å². The SMILES string of the molecule is COc1ccc(-c2noc(CCC(=O)N3CCN(c4cccc(C)c4)[C@@H](C)C3)n2)cc1. The van der Waals surface area contributed by atoms with Gasteiger partial charge in [0.1, 0.15) is 5.75 Å². The molecule has 0 saturated carbocycles. The molecule has 7 nitrogen and oxygen atoms in total. The molecule has 1 aliphatic rings. The van der Waals surface area contributed by atoms with E-state index in [0.717, 1.165) is 24.4 Å². The molecule has 1 atom stereocenters. The number of carbonyl (C=O) groups excluding carboxylic acids is 1. The summed E-state index contributed by atoms with van der Waals surface area (Å²) in [5.74, 6) is 1.89. The van der Waals surface area contributed by atoms with E-state index >= 15 is 0 Å². The van der Waals surface area contributed by atoms with Crippen LogP contribution in [0.5, 0.6) is 5.75 Å². The molecular weight excluding hydrogens is 392 g/mol. The van der Waals surface area contributed by atoms with Crippen LogP contribution in [-0.4, -0.2) is 53.7 Å². The van der Waals surface area contributed by atoms with E-state index in [9.17, 15) is 4.79 Å². The number of hydrogen-bond acceptors (Lipinski definition) is 6. The first-order chi connectivity index (χ1) is 15.0. The van der Waals surface area contributed by atoms with Crippen LogP contribution in [0.15, 0.2) is 53.1 Å². The van der Waals surface area contributed by atoms with E-state index in [1.807, 2.05) is 29.2 Å². The number of hydrogen-bond donors (Lipinski definition) is 0. The van der Waals surface area contributed by atoms with E-state index in [4.69, 9.17) is 9.26 Å². The number of benzene rings is 2. The number of aromatic nitrogens is 2. The highest BCUT2D eigenvalue weighted by Gasteiger charge is 2.27. The minimum atomic E-state index is 0.125. The van der Waals surface area contributed by atoms with Gasteiger partial charge < -0.3 is 19.1 Å². The minimum Gasteiger partial charge on any atom is -0.497 e. The van der Waals surface area contributed by atoms with E-state index in [-0.39, 0.29) is 11.9 Å². The van der Waals surface area contributed by atoms with Gasteiger partial charge in [-0.3, -0.25) is 4.79 Å². The number of aryl methyl sites for hydroxylation is 2. The minimum absolute atomic E-state index is 0.125. The predicted octanol–water partition coefficient (Wildman–Crippen LogP) is 3.72. The van der Waals surface area contributed by atoms with Crippen LogP contribution in [0.3, 0.4) is 0 Å². The van der Waals surface area contributed by atoms with Crippen LogP contribution in [0.25, 0.3) is 11.4 Å². The van der Waals surface area contributed by atoms with Crippen molar-refractivity contribution < 1.29 is 14.1 Å². The molecule has 31 heavy (non-hydrogen) atoms. The van der Waals surface area contributed by atoms with Crippen LogP contribution < -0.4 is 9.64 Å². The zero-order valence-electron chi connectivity index (χ0n) is 18.2. The fraction of sp³-hybridized carbons (Fsp3) is 0.375. The summed E-state index contributed by atoms with van der Waals surface area (Å²) in [7, 11) is 1.63. The Kier molecular flexibility index (Phi) is 6.21.